The lowest BCUT2D eigenvalue weighted by Gasteiger charge is -2.30. The highest BCUT2D eigenvalue weighted by atomic mass is 32.2. The minimum atomic E-state index is -0.611. The van der Waals surface area contributed by atoms with E-state index in [9.17, 15) is 14.9 Å². The Balaban J connectivity index is 1.69. The maximum Gasteiger partial charge on any atom is 0.254 e. The van der Waals surface area contributed by atoms with Crippen LogP contribution in [0.1, 0.15) is 28.8 Å². The summed E-state index contributed by atoms with van der Waals surface area (Å²) in [6, 6.07) is 27.8. The Morgan fingerprint density at radius 2 is 1.64 bits per heavy atom. The lowest BCUT2D eigenvalue weighted by Crippen LogP contribution is -2.31. The van der Waals surface area contributed by atoms with Gasteiger partial charge in [-0.3, -0.25) is 9.59 Å². The number of allylic oxidation sites excluding steroid dienone is 2. The number of methoxy groups -OCH3 is 1. The molecule has 180 valence electrons. The molecule has 7 heteroatoms. The number of hydrogen-bond donors (Lipinski definition) is 2. The second-order valence-corrected chi connectivity index (χ2v) is 9.11. The van der Waals surface area contributed by atoms with Crippen LogP contribution in [0.4, 0.5) is 5.69 Å². The summed E-state index contributed by atoms with van der Waals surface area (Å²) in [4.78, 5) is 26.2. The first-order valence-electron chi connectivity index (χ1n) is 11.3. The van der Waals surface area contributed by atoms with Crippen molar-refractivity contribution in [2.24, 2.45) is 0 Å². The van der Waals surface area contributed by atoms with E-state index in [1.807, 2.05) is 67.6 Å². The molecule has 4 rings (SSSR count). The van der Waals surface area contributed by atoms with Gasteiger partial charge >= 0.3 is 0 Å². The first kappa shape index (κ1) is 24.8. The second-order valence-electron chi connectivity index (χ2n) is 8.12. The van der Waals surface area contributed by atoms with Crippen molar-refractivity contribution in [1.29, 1.82) is 5.26 Å². The molecule has 0 saturated carbocycles. The smallest absolute Gasteiger partial charge is 0.254 e. The van der Waals surface area contributed by atoms with Crippen molar-refractivity contribution < 1.29 is 14.3 Å². The standard InChI is InChI=1S/C29H25N3O3S/c1-19-26(28(34)32-22-11-7-4-8-12-22)27(21-13-15-23(35-2)16-14-21)24(17-30)29(31-19)36-18-25(33)20-9-5-3-6-10-20/h3-16,27,31H,18H2,1-2H3,(H,32,34)/t27-/m1/s1. The van der Waals surface area contributed by atoms with Crippen LogP contribution in [0.15, 0.2) is 107 Å². The van der Waals surface area contributed by atoms with E-state index in [0.717, 1.165) is 5.56 Å². The molecule has 1 heterocycles. The Morgan fingerprint density at radius 1 is 1.00 bits per heavy atom. The minimum absolute atomic E-state index is 0.0394. The van der Waals surface area contributed by atoms with Gasteiger partial charge < -0.3 is 15.4 Å². The molecule has 0 unspecified atom stereocenters. The van der Waals surface area contributed by atoms with Crippen molar-refractivity contribution in [2.45, 2.75) is 12.8 Å². The summed E-state index contributed by atoms with van der Waals surface area (Å²) < 4.78 is 5.29. The fourth-order valence-corrected chi connectivity index (χ4v) is 5.01. The number of carbonyl (C=O) groups is 2. The lowest BCUT2D eigenvalue weighted by molar-refractivity contribution is -0.113. The number of anilines is 1. The van der Waals surface area contributed by atoms with Crippen LogP contribution >= 0.6 is 11.8 Å². The molecule has 3 aromatic carbocycles. The molecule has 1 atom stereocenters. The highest BCUT2D eigenvalue weighted by Gasteiger charge is 2.35. The quantitative estimate of drug-likeness (QED) is 0.393. The van der Waals surface area contributed by atoms with Crippen molar-refractivity contribution in [2.75, 3.05) is 18.2 Å². The summed E-state index contributed by atoms with van der Waals surface area (Å²) in [5.74, 6) is -0.118. The first-order chi connectivity index (χ1) is 17.5. The predicted molar refractivity (Wildman–Crippen MR) is 143 cm³/mol. The van der Waals surface area contributed by atoms with Crippen LogP contribution in [0.5, 0.6) is 5.75 Å². The van der Waals surface area contributed by atoms with Gasteiger partial charge in [0.15, 0.2) is 5.78 Å². The van der Waals surface area contributed by atoms with Gasteiger partial charge in [0.25, 0.3) is 5.91 Å². The number of rotatable bonds is 8. The fourth-order valence-electron chi connectivity index (χ4n) is 4.02. The van der Waals surface area contributed by atoms with E-state index in [0.29, 0.717) is 38.9 Å². The van der Waals surface area contributed by atoms with E-state index in [1.54, 1.807) is 31.4 Å². The molecule has 0 saturated heterocycles. The van der Waals surface area contributed by atoms with Crippen molar-refractivity contribution in [3.05, 3.63) is 118 Å². The Labute approximate surface area is 214 Å². The monoisotopic (exact) mass is 495 g/mol. The average Bonchev–Trinajstić information content (AvgIpc) is 2.92. The van der Waals surface area contributed by atoms with Crippen molar-refractivity contribution >= 4 is 29.1 Å². The number of thioether (sulfide) groups is 1. The Kier molecular flexibility index (Phi) is 7.89. The number of ether oxygens (including phenoxy) is 1. The highest BCUT2D eigenvalue weighted by Crippen LogP contribution is 2.41. The zero-order valence-corrected chi connectivity index (χ0v) is 20.8. The summed E-state index contributed by atoms with van der Waals surface area (Å²) in [6.45, 7) is 1.81. The predicted octanol–water partition coefficient (Wildman–Crippen LogP) is 5.65. The number of ketones is 1. The van der Waals surface area contributed by atoms with Crippen molar-refractivity contribution in [3.8, 4) is 11.8 Å². The van der Waals surface area contributed by atoms with E-state index in [4.69, 9.17) is 4.74 Å². The van der Waals surface area contributed by atoms with Gasteiger partial charge in [0.05, 0.1) is 35.5 Å². The molecular weight excluding hydrogens is 470 g/mol. The molecule has 2 N–H and O–H groups in total. The van der Waals surface area contributed by atoms with Crippen molar-refractivity contribution in [3.63, 3.8) is 0 Å². The third-order valence-corrected chi connectivity index (χ3v) is 6.83. The zero-order valence-electron chi connectivity index (χ0n) is 19.9. The summed E-state index contributed by atoms with van der Waals surface area (Å²) in [7, 11) is 1.58. The van der Waals surface area contributed by atoms with Crippen LogP contribution < -0.4 is 15.4 Å². The lowest BCUT2D eigenvalue weighted by atomic mass is 9.82. The number of nitriles is 1. The Bertz CT molecular complexity index is 1360. The zero-order chi connectivity index (χ0) is 25.5. The van der Waals surface area contributed by atoms with Crippen LogP contribution in [-0.2, 0) is 4.79 Å². The van der Waals surface area contributed by atoms with Crippen LogP contribution in [-0.4, -0.2) is 24.6 Å². The molecule has 1 aliphatic heterocycles. The van der Waals surface area contributed by atoms with Gasteiger partial charge in [-0.2, -0.15) is 5.26 Å². The number of nitrogens with zero attached hydrogens (tertiary/aromatic N) is 1. The van der Waals surface area contributed by atoms with Gasteiger partial charge in [-0.15, -0.1) is 0 Å². The number of benzene rings is 3. The minimum Gasteiger partial charge on any atom is -0.497 e. The van der Waals surface area contributed by atoms with E-state index < -0.39 is 5.92 Å². The first-order valence-corrected chi connectivity index (χ1v) is 12.3. The number of hydrogen-bond acceptors (Lipinski definition) is 6. The van der Waals surface area contributed by atoms with E-state index in [1.165, 1.54) is 11.8 Å². The number of amides is 1. The van der Waals surface area contributed by atoms with Gasteiger partial charge in [0.2, 0.25) is 0 Å². The Morgan fingerprint density at radius 3 is 2.25 bits per heavy atom. The van der Waals surface area contributed by atoms with Gasteiger partial charge in [-0.25, -0.2) is 0 Å². The van der Waals surface area contributed by atoms with Crippen LogP contribution in [0.3, 0.4) is 0 Å². The maximum absolute atomic E-state index is 13.5. The largest absolute Gasteiger partial charge is 0.497 e. The summed E-state index contributed by atoms with van der Waals surface area (Å²) in [5, 5.41) is 17.0. The summed E-state index contributed by atoms with van der Waals surface area (Å²) in [6.07, 6.45) is 0. The topological polar surface area (TPSA) is 91.2 Å². The molecule has 0 bridgehead atoms. The van der Waals surface area contributed by atoms with E-state index in [-0.39, 0.29) is 17.4 Å². The molecule has 1 amide bonds. The molecule has 0 spiro atoms. The van der Waals surface area contributed by atoms with Gasteiger partial charge in [-0.05, 0) is 36.8 Å². The normalized spacial score (nSPS) is 15.1. The van der Waals surface area contributed by atoms with Crippen LogP contribution in [0.2, 0.25) is 0 Å². The molecule has 1 aliphatic rings. The summed E-state index contributed by atoms with van der Waals surface area (Å²) in [5.41, 5.74) is 3.50. The number of Topliss-reactive ketones (excluding diaryl/α,β-unsaturated/α-hetero) is 1. The number of para-hydroxylation sites is 1. The number of dihydropyridines is 1. The molecular formula is C29H25N3O3S. The molecule has 3 aromatic rings. The van der Waals surface area contributed by atoms with Gasteiger partial charge in [-0.1, -0.05) is 72.4 Å². The molecule has 0 aromatic heterocycles. The fraction of sp³-hybridized carbons (Fsp3) is 0.138. The third-order valence-electron chi connectivity index (χ3n) is 5.82. The van der Waals surface area contributed by atoms with E-state index >= 15 is 0 Å². The van der Waals surface area contributed by atoms with Crippen molar-refractivity contribution in [1.82, 2.24) is 5.32 Å². The molecule has 36 heavy (non-hydrogen) atoms. The number of carbonyl (C=O) groups excluding carboxylic acids is 2. The van der Waals surface area contributed by atoms with Gasteiger partial charge in [0.1, 0.15) is 5.75 Å². The Hall–Kier alpha value is -4.28. The third kappa shape index (κ3) is 5.51. The molecule has 6 nitrogen and oxygen atoms in total. The van der Waals surface area contributed by atoms with Crippen LogP contribution in [0.25, 0.3) is 0 Å². The average molecular weight is 496 g/mol. The summed E-state index contributed by atoms with van der Waals surface area (Å²) >= 11 is 1.27. The van der Waals surface area contributed by atoms with Gasteiger partial charge in [0, 0.05) is 22.5 Å². The maximum atomic E-state index is 13.5. The second kappa shape index (κ2) is 11.4. The van der Waals surface area contributed by atoms with Crippen LogP contribution in [0, 0.1) is 11.3 Å². The number of nitrogens with one attached hydrogen (secondary N) is 2. The molecule has 0 radical (unpaired) electrons. The molecule has 0 fully saturated rings. The molecule has 0 aliphatic carbocycles. The van der Waals surface area contributed by atoms with E-state index in [2.05, 4.69) is 16.7 Å². The highest BCUT2D eigenvalue weighted by molar-refractivity contribution is 8.03. The SMILES string of the molecule is COc1ccc([C@@H]2C(C#N)=C(SCC(=O)c3ccccc3)NC(C)=C2C(=O)Nc2ccccc2)cc1.